The minimum atomic E-state index is 0.0862. The Kier molecular flexibility index (Phi) is 3.83. The Bertz CT molecular complexity index is 505. The highest BCUT2D eigenvalue weighted by Gasteiger charge is 2.50. The monoisotopic (exact) mass is 268 g/mol. The highest BCUT2D eigenvalue weighted by atomic mass is 15.0. The minimum Gasteiger partial charge on any atom is -0.329 e. The highest BCUT2D eigenvalue weighted by Crippen LogP contribution is 2.46. The molecule has 1 saturated carbocycles. The van der Waals surface area contributed by atoms with Crippen LogP contribution in [0, 0.1) is 23.7 Å². The van der Waals surface area contributed by atoms with Crippen molar-refractivity contribution in [3.63, 3.8) is 0 Å². The molecule has 3 rings (SSSR count). The molecule has 0 aromatic heterocycles. The molecule has 0 saturated heterocycles. The molecule has 2 atom stereocenters. The number of hydrogen-bond donors (Lipinski definition) is 2. The predicted molar refractivity (Wildman–Crippen MR) is 83.3 cm³/mol. The number of nitrogens with two attached hydrogens (primary N) is 1. The second-order valence-corrected chi connectivity index (χ2v) is 6.17. The lowest BCUT2D eigenvalue weighted by Crippen LogP contribution is -2.58. The van der Waals surface area contributed by atoms with Crippen molar-refractivity contribution < 1.29 is 0 Å². The van der Waals surface area contributed by atoms with E-state index in [1.807, 2.05) is 6.92 Å². The zero-order valence-corrected chi connectivity index (χ0v) is 12.3. The Morgan fingerprint density at radius 3 is 2.30 bits per heavy atom. The number of nitrogens with one attached hydrogen (secondary N) is 1. The van der Waals surface area contributed by atoms with Gasteiger partial charge in [-0.05, 0) is 55.6 Å². The van der Waals surface area contributed by atoms with Crippen LogP contribution in [0.5, 0.6) is 0 Å². The lowest BCUT2D eigenvalue weighted by molar-refractivity contribution is 0.203. The second-order valence-electron chi connectivity index (χ2n) is 6.17. The normalized spacial score (nSPS) is 31.1. The van der Waals surface area contributed by atoms with Gasteiger partial charge in [-0.3, -0.25) is 5.32 Å². The lowest BCUT2D eigenvalue weighted by Gasteiger charge is -2.39. The molecule has 1 fully saturated rings. The van der Waals surface area contributed by atoms with Crippen LogP contribution >= 0.6 is 0 Å². The average Bonchev–Trinajstić information content (AvgIpc) is 2.71. The number of hydrogen-bond acceptors (Lipinski definition) is 2. The molecule has 2 nitrogen and oxygen atoms in total. The Labute approximate surface area is 122 Å². The largest absolute Gasteiger partial charge is 0.329 e. The fourth-order valence-electron chi connectivity index (χ4n) is 4.30. The first-order valence-electron chi connectivity index (χ1n) is 7.71. The van der Waals surface area contributed by atoms with E-state index in [0.717, 1.165) is 25.9 Å². The fraction of sp³-hybridized carbons (Fsp3) is 0.556. The van der Waals surface area contributed by atoms with E-state index in [9.17, 15) is 0 Å². The van der Waals surface area contributed by atoms with Crippen LogP contribution in [-0.4, -0.2) is 18.6 Å². The molecule has 20 heavy (non-hydrogen) atoms. The molecular weight excluding hydrogens is 244 g/mol. The van der Waals surface area contributed by atoms with Crippen LogP contribution in [0.25, 0.3) is 0 Å². The molecular formula is C18H24N2. The van der Waals surface area contributed by atoms with Gasteiger partial charge in [0.1, 0.15) is 0 Å². The summed E-state index contributed by atoms with van der Waals surface area (Å²) in [6.45, 7) is 3.38. The Morgan fingerprint density at radius 2 is 1.80 bits per heavy atom. The van der Waals surface area contributed by atoms with Gasteiger partial charge < -0.3 is 5.73 Å². The third kappa shape index (κ3) is 2.16. The molecule has 1 aromatic carbocycles. The maximum Gasteiger partial charge on any atom is 0.0581 e. The summed E-state index contributed by atoms with van der Waals surface area (Å²) >= 11 is 0. The van der Waals surface area contributed by atoms with E-state index in [4.69, 9.17) is 5.73 Å². The van der Waals surface area contributed by atoms with Gasteiger partial charge >= 0.3 is 0 Å². The van der Waals surface area contributed by atoms with Crippen molar-refractivity contribution in [2.45, 2.75) is 38.1 Å². The van der Waals surface area contributed by atoms with Crippen LogP contribution in [-0.2, 0) is 12.8 Å². The van der Waals surface area contributed by atoms with E-state index in [2.05, 4.69) is 41.4 Å². The molecule has 1 aromatic rings. The van der Waals surface area contributed by atoms with Crippen molar-refractivity contribution in [3.8, 4) is 11.8 Å². The molecule has 2 unspecified atom stereocenters. The standard InChI is InChI=1S/C18H24N2/c1-2-3-10-20-18(13-19)16-8-9-17(18)12-15-7-5-4-6-14(15)11-16/h4-7,16-17,20H,8-13,19H2,1H3. The van der Waals surface area contributed by atoms with Gasteiger partial charge in [0.25, 0.3) is 0 Å². The quantitative estimate of drug-likeness (QED) is 0.824. The first kappa shape index (κ1) is 13.7. The summed E-state index contributed by atoms with van der Waals surface area (Å²) in [7, 11) is 0. The van der Waals surface area contributed by atoms with E-state index < -0.39 is 0 Å². The van der Waals surface area contributed by atoms with E-state index in [-0.39, 0.29) is 5.54 Å². The number of rotatable bonds is 3. The molecule has 2 aliphatic carbocycles. The van der Waals surface area contributed by atoms with Gasteiger partial charge in [0.2, 0.25) is 0 Å². The fourth-order valence-corrected chi connectivity index (χ4v) is 4.30. The SMILES string of the molecule is CC#CCNC1(CN)C2CCC1Cc1ccccc1C2. The van der Waals surface area contributed by atoms with Gasteiger partial charge in [0.15, 0.2) is 0 Å². The average molecular weight is 268 g/mol. The zero-order chi connectivity index (χ0) is 14.0. The maximum atomic E-state index is 6.23. The molecule has 0 spiro atoms. The van der Waals surface area contributed by atoms with Gasteiger partial charge in [-0.1, -0.05) is 30.2 Å². The third-order valence-electron chi connectivity index (χ3n) is 5.39. The van der Waals surface area contributed by atoms with E-state index in [1.165, 1.54) is 24.0 Å². The van der Waals surface area contributed by atoms with Crippen molar-refractivity contribution in [2.75, 3.05) is 13.1 Å². The molecule has 0 amide bonds. The molecule has 2 bridgehead atoms. The minimum absolute atomic E-state index is 0.0862. The molecule has 106 valence electrons. The summed E-state index contributed by atoms with van der Waals surface area (Å²) in [6, 6.07) is 8.92. The summed E-state index contributed by atoms with van der Waals surface area (Å²) in [5.41, 5.74) is 9.38. The Balaban J connectivity index is 1.91. The summed E-state index contributed by atoms with van der Waals surface area (Å²) in [5.74, 6) is 7.43. The summed E-state index contributed by atoms with van der Waals surface area (Å²) in [5, 5.41) is 3.72. The van der Waals surface area contributed by atoms with Crippen molar-refractivity contribution in [1.29, 1.82) is 0 Å². The Morgan fingerprint density at radius 1 is 1.20 bits per heavy atom. The topological polar surface area (TPSA) is 38.0 Å². The van der Waals surface area contributed by atoms with Gasteiger partial charge in [-0.25, -0.2) is 0 Å². The van der Waals surface area contributed by atoms with Crippen molar-refractivity contribution in [3.05, 3.63) is 35.4 Å². The van der Waals surface area contributed by atoms with E-state index in [0.29, 0.717) is 11.8 Å². The third-order valence-corrected chi connectivity index (χ3v) is 5.39. The maximum absolute atomic E-state index is 6.23. The van der Waals surface area contributed by atoms with Gasteiger partial charge in [0.05, 0.1) is 6.54 Å². The first-order valence-corrected chi connectivity index (χ1v) is 7.71. The second kappa shape index (κ2) is 5.60. The first-order chi connectivity index (χ1) is 9.80. The van der Waals surface area contributed by atoms with Gasteiger partial charge in [-0.2, -0.15) is 0 Å². The summed E-state index contributed by atoms with van der Waals surface area (Å²) in [6.07, 6.45) is 4.92. The van der Waals surface area contributed by atoms with E-state index in [1.54, 1.807) is 0 Å². The van der Waals surface area contributed by atoms with E-state index >= 15 is 0 Å². The van der Waals surface area contributed by atoms with Gasteiger partial charge in [-0.15, -0.1) is 5.92 Å². The number of fused-ring (bicyclic) bond motifs is 3. The molecule has 2 aliphatic rings. The van der Waals surface area contributed by atoms with Crippen LogP contribution < -0.4 is 11.1 Å². The zero-order valence-electron chi connectivity index (χ0n) is 12.3. The highest BCUT2D eigenvalue weighted by molar-refractivity contribution is 5.32. The number of benzene rings is 1. The van der Waals surface area contributed by atoms with Crippen LogP contribution in [0.2, 0.25) is 0 Å². The summed E-state index contributed by atoms with van der Waals surface area (Å²) < 4.78 is 0. The molecule has 0 aliphatic heterocycles. The smallest absolute Gasteiger partial charge is 0.0581 e. The van der Waals surface area contributed by atoms with Gasteiger partial charge in [0, 0.05) is 12.1 Å². The lowest BCUT2D eigenvalue weighted by atomic mass is 9.79. The van der Waals surface area contributed by atoms with Crippen molar-refractivity contribution in [2.24, 2.45) is 17.6 Å². The van der Waals surface area contributed by atoms with Crippen LogP contribution in [0.15, 0.2) is 24.3 Å². The van der Waals surface area contributed by atoms with Crippen LogP contribution in [0.4, 0.5) is 0 Å². The van der Waals surface area contributed by atoms with Crippen molar-refractivity contribution in [1.82, 2.24) is 5.32 Å². The predicted octanol–water partition coefficient (Wildman–Crippen LogP) is 2.12. The molecule has 0 heterocycles. The summed E-state index contributed by atoms with van der Waals surface area (Å²) in [4.78, 5) is 0. The molecule has 3 N–H and O–H groups in total. The van der Waals surface area contributed by atoms with Crippen molar-refractivity contribution >= 4 is 0 Å². The Hall–Kier alpha value is -1.30. The molecule has 0 radical (unpaired) electrons. The van der Waals surface area contributed by atoms with Crippen LogP contribution in [0.3, 0.4) is 0 Å². The van der Waals surface area contributed by atoms with Crippen LogP contribution in [0.1, 0.15) is 30.9 Å². The molecule has 2 heteroatoms.